The van der Waals surface area contributed by atoms with E-state index in [0.717, 1.165) is 21.4 Å². The molecule has 2 aromatic heterocycles. The fourth-order valence-corrected chi connectivity index (χ4v) is 8.15. The lowest BCUT2D eigenvalue weighted by Crippen LogP contribution is -2.28. The van der Waals surface area contributed by atoms with Crippen LogP contribution in [0.4, 0.5) is 5.69 Å². The van der Waals surface area contributed by atoms with Gasteiger partial charge in [0.05, 0.1) is 20.2 Å². The van der Waals surface area contributed by atoms with Gasteiger partial charge in [0.2, 0.25) is 0 Å². The summed E-state index contributed by atoms with van der Waals surface area (Å²) in [6, 6.07) is 30.7. The van der Waals surface area contributed by atoms with E-state index in [1.165, 1.54) is 17.7 Å². The number of carbonyl (C=O) groups excluding carboxylic acids is 2. The number of rotatable bonds is 10. The van der Waals surface area contributed by atoms with E-state index in [0.29, 0.717) is 43.0 Å². The van der Waals surface area contributed by atoms with Gasteiger partial charge in [0, 0.05) is 36.6 Å². The molecule has 9 nitrogen and oxygen atoms in total. The maximum Gasteiger partial charge on any atom is 0.355 e. The van der Waals surface area contributed by atoms with Crippen LogP contribution in [0, 0.1) is 0 Å². The molecule has 0 saturated heterocycles. The van der Waals surface area contributed by atoms with Gasteiger partial charge in [-0.25, -0.2) is 13.2 Å². The topological polar surface area (TPSA) is 124 Å². The Morgan fingerprint density at radius 3 is 2.31 bits per heavy atom. The zero-order chi connectivity index (χ0) is 34.7. The number of fused-ring (bicyclic) bond motifs is 1. The predicted molar refractivity (Wildman–Crippen MR) is 196 cm³/mol. The number of benzene rings is 4. The summed E-state index contributed by atoms with van der Waals surface area (Å²) < 4.78 is 36.4. The van der Waals surface area contributed by atoms with Crippen molar-refractivity contribution in [3.8, 4) is 11.1 Å². The number of sulfonamides is 1. The van der Waals surface area contributed by atoms with E-state index in [-0.39, 0.29) is 34.5 Å². The van der Waals surface area contributed by atoms with Crippen LogP contribution in [-0.4, -0.2) is 32.0 Å². The number of ether oxygens (including phenoxy) is 1. The molecule has 0 saturated carbocycles. The summed E-state index contributed by atoms with van der Waals surface area (Å²) in [6.45, 7) is 0.180. The molecule has 248 valence electrons. The van der Waals surface area contributed by atoms with Crippen molar-refractivity contribution < 1.29 is 22.7 Å². The van der Waals surface area contributed by atoms with E-state index >= 15 is 0 Å². The number of aromatic nitrogens is 1. The van der Waals surface area contributed by atoms with Crippen LogP contribution in [0.2, 0.25) is 5.02 Å². The molecular formula is C36H27BrClN3O6S2. The van der Waals surface area contributed by atoms with Gasteiger partial charge >= 0.3 is 5.97 Å². The Balaban J connectivity index is 1.23. The van der Waals surface area contributed by atoms with Gasteiger partial charge in [-0.3, -0.25) is 18.9 Å². The van der Waals surface area contributed by atoms with Crippen molar-refractivity contribution in [2.45, 2.75) is 17.3 Å². The zero-order valence-electron chi connectivity index (χ0n) is 25.8. The second-order valence-electron chi connectivity index (χ2n) is 10.9. The van der Waals surface area contributed by atoms with Crippen LogP contribution in [0.5, 0.6) is 0 Å². The molecule has 2 N–H and O–H groups in total. The molecule has 2 heterocycles. The second kappa shape index (κ2) is 14.4. The first-order chi connectivity index (χ1) is 23.5. The molecule has 13 heteroatoms. The lowest BCUT2D eigenvalue weighted by molar-refractivity contribution is 0.0588. The first kappa shape index (κ1) is 34.1. The highest BCUT2D eigenvalue weighted by Crippen LogP contribution is 2.33. The van der Waals surface area contributed by atoms with Gasteiger partial charge in [-0.15, -0.1) is 11.3 Å². The predicted octanol–water partition coefficient (Wildman–Crippen LogP) is 7.71. The summed E-state index contributed by atoms with van der Waals surface area (Å²) in [5.41, 5.74) is 2.44. The maximum atomic E-state index is 13.9. The molecule has 4 aromatic carbocycles. The third-order valence-corrected chi connectivity index (χ3v) is 11.4. The monoisotopic (exact) mass is 775 g/mol. The molecule has 1 amide bonds. The third kappa shape index (κ3) is 7.47. The molecule has 0 aliphatic heterocycles. The first-order valence-electron chi connectivity index (χ1n) is 14.8. The molecule has 0 unspecified atom stereocenters. The summed E-state index contributed by atoms with van der Waals surface area (Å²) in [6.07, 6.45) is 0. The van der Waals surface area contributed by atoms with Crippen molar-refractivity contribution in [2.75, 3.05) is 11.8 Å². The molecule has 0 aliphatic carbocycles. The van der Waals surface area contributed by atoms with Crippen molar-refractivity contribution in [3.05, 3.63) is 151 Å². The summed E-state index contributed by atoms with van der Waals surface area (Å²) in [4.78, 5) is 40.3. The van der Waals surface area contributed by atoms with Gasteiger partial charge in [0.1, 0.15) is 9.90 Å². The van der Waals surface area contributed by atoms with Crippen molar-refractivity contribution in [1.82, 2.24) is 9.88 Å². The zero-order valence-corrected chi connectivity index (χ0v) is 29.8. The standard InChI is InChI=1S/C36H27BrClN3O6S2/c1-47-36(44)33-32(23-5-3-2-4-6-23)30-19-25(37)11-17-29(30)35(43)41(33)21-22-7-14-27(15-8-22)40-49(45,46)31-18-16-28(48-31)20-39-34(42)24-9-12-26(38)13-10-24/h2-19,40H,20-21H2,1H3,(H,39,42). The quantitative estimate of drug-likeness (QED) is 0.138. The summed E-state index contributed by atoms with van der Waals surface area (Å²) in [5.74, 6) is -0.969. The van der Waals surface area contributed by atoms with E-state index in [1.54, 1.807) is 66.7 Å². The first-order valence-corrected chi connectivity index (χ1v) is 18.2. The summed E-state index contributed by atoms with van der Waals surface area (Å²) in [7, 11) is -2.66. The third-order valence-electron chi connectivity index (χ3n) is 7.65. The minimum absolute atomic E-state index is 0.0260. The van der Waals surface area contributed by atoms with Crippen LogP contribution in [0.3, 0.4) is 0 Å². The van der Waals surface area contributed by atoms with Crippen molar-refractivity contribution in [1.29, 1.82) is 0 Å². The van der Waals surface area contributed by atoms with Crippen LogP contribution in [0.15, 0.2) is 123 Å². The molecule has 6 aromatic rings. The van der Waals surface area contributed by atoms with Crippen LogP contribution in [-0.2, 0) is 27.8 Å². The highest BCUT2D eigenvalue weighted by molar-refractivity contribution is 9.10. The molecule has 0 spiro atoms. The molecule has 0 bridgehead atoms. The number of halogens is 2. The highest BCUT2D eigenvalue weighted by atomic mass is 79.9. The van der Waals surface area contributed by atoms with Gasteiger partial charge in [0.25, 0.3) is 21.5 Å². The van der Waals surface area contributed by atoms with Gasteiger partial charge in [-0.2, -0.15) is 0 Å². The Kier molecular flexibility index (Phi) is 10.0. The number of anilines is 1. The number of amides is 1. The Hall–Kier alpha value is -4.75. The average Bonchev–Trinajstić information content (AvgIpc) is 3.59. The van der Waals surface area contributed by atoms with E-state index in [2.05, 4.69) is 26.0 Å². The average molecular weight is 777 g/mol. The number of hydrogen-bond acceptors (Lipinski definition) is 7. The molecular weight excluding hydrogens is 750 g/mol. The fourth-order valence-electron chi connectivity index (χ4n) is 5.31. The van der Waals surface area contributed by atoms with Crippen LogP contribution < -0.4 is 15.6 Å². The summed E-state index contributed by atoms with van der Waals surface area (Å²) >= 11 is 10.4. The molecule has 6 rings (SSSR count). The minimum Gasteiger partial charge on any atom is -0.464 e. The lowest BCUT2D eigenvalue weighted by Gasteiger charge is -2.19. The van der Waals surface area contributed by atoms with Gasteiger partial charge in [0.15, 0.2) is 0 Å². The Bertz CT molecular complexity index is 2360. The van der Waals surface area contributed by atoms with Gasteiger partial charge in [-0.05, 0) is 83.2 Å². The number of methoxy groups -OCH3 is 1. The van der Waals surface area contributed by atoms with Crippen molar-refractivity contribution in [2.24, 2.45) is 0 Å². The number of nitrogens with zero attached hydrogens (tertiary/aromatic N) is 1. The van der Waals surface area contributed by atoms with Gasteiger partial charge in [-0.1, -0.05) is 70.0 Å². The Morgan fingerprint density at radius 1 is 0.898 bits per heavy atom. The van der Waals surface area contributed by atoms with Crippen molar-refractivity contribution in [3.63, 3.8) is 0 Å². The molecule has 49 heavy (non-hydrogen) atoms. The Morgan fingerprint density at radius 2 is 1.61 bits per heavy atom. The van der Waals surface area contributed by atoms with Crippen LogP contribution in [0.25, 0.3) is 21.9 Å². The van der Waals surface area contributed by atoms with Crippen LogP contribution >= 0.6 is 38.9 Å². The smallest absolute Gasteiger partial charge is 0.355 e. The van der Waals surface area contributed by atoms with E-state index in [4.69, 9.17) is 16.3 Å². The van der Waals surface area contributed by atoms with Gasteiger partial charge < -0.3 is 10.1 Å². The number of pyridine rings is 1. The number of esters is 1. The fraction of sp³-hybridized carbons (Fsp3) is 0.0833. The molecule has 0 aliphatic rings. The minimum atomic E-state index is -3.93. The molecule has 0 radical (unpaired) electrons. The Labute approximate surface area is 299 Å². The molecule has 0 fully saturated rings. The van der Waals surface area contributed by atoms with E-state index in [9.17, 15) is 22.8 Å². The number of nitrogens with one attached hydrogen (secondary N) is 2. The molecule has 0 atom stereocenters. The van der Waals surface area contributed by atoms with Crippen LogP contribution in [0.1, 0.15) is 31.3 Å². The SMILES string of the molecule is COC(=O)c1c(-c2ccccc2)c2cc(Br)ccc2c(=O)n1Cc1ccc(NS(=O)(=O)c2ccc(CNC(=O)c3ccc(Cl)cc3)s2)cc1. The van der Waals surface area contributed by atoms with Crippen molar-refractivity contribution >= 4 is 77.2 Å². The number of hydrogen-bond donors (Lipinski definition) is 2. The largest absolute Gasteiger partial charge is 0.464 e. The maximum absolute atomic E-state index is 13.9. The summed E-state index contributed by atoms with van der Waals surface area (Å²) in [5, 5.41) is 4.33. The second-order valence-corrected chi connectivity index (χ2v) is 15.3. The normalized spacial score (nSPS) is 11.3. The number of carbonyl (C=O) groups is 2. The number of thiophene rings is 1. The lowest BCUT2D eigenvalue weighted by atomic mass is 9.96. The van der Waals surface area contributed by atoms with E-state index < -0.39 is 16.0 Å². The van der Waals surface area contributed by atoms with E-state index in [1.807, 2.05) is 36.4 Å². The highest BCUT2D eigenvalue weighted by Gasteiger charge is 2.25.